The number of sulfonamides is 1. The van der Waals surface area contributed by atoms with Crippen LogP contribution in [0.2, 0.25) is 0 Å². The average Bonchev–Trinajstić information content (AvgIpc) is 2.94. The Morgan fingerprint density at radius 2 is 1.90 bits per heavy atom. The summed E-state index contributed by atoms with van der Waals surface area (Å²) in [5.41, 5.74) is 1.88. The first-order chi connectivity index (χ1) is 10.00. The zero-order valence-corrected chi connectivity index (χ0v) is 12.9. The molecule has 1 unspecified atom stereocenters. The number of hydrogen-bond donors (Lipinski definition) is 3. The summed E-state index contributed by atoms with van der Waals surface area (Å²) in [7, 11) is -1.54. The van der Waals surface area contributed by atoms with Crippen molar-refractivity contribution in [3.05, 3.63) is 53.6 Å². The van der Waals surface area contributed by atoms with Gasteiger partial charge in [-0.1, -0.05) is 24.3 Å². The minimum atomic E-state index is -3.41. The van der Waals surface area contributed by atoms with Crippen LogP contribution in [0.5, 0.6) is 0 Å². The fourth-order valence-electron chi connectivity index (χ4n) is 2.06. The second-order valence-corrected chi connectivity index (χ2v) is 6.67. The van der Waals surface area contributed by atoms with E-state index in [0.717, 1.165) is 17.7 Å². The minimum Gasteiger partial charge on any atom is -0.347 e. The van der Waals surface area contributed by atoms with E-state index in [1.807, 2.05) is 31.3 Å². The normalized spacial score (nSPS) is 13.2. The molecule has 6 nitrogen and oxygen atoms in total. The van der Waals surface area contributed by atoms with Crippen molar-refractivity contribution in [3.63, 3.8) is 0 Å². The van der Waals surface area contributed by atoms with Crippen LogP contribution in [0.15, 0.2) is 36.7 Å². The molecule has 1 aromatic carbocycles. The summed E-state index contributed by atoms with van der Waals surface area (Å²) < 4.78 is 26.9. The number of rotatable bonds is 7. The van der Waals surface area contributed by atoms with Gasteiger partial charge in [0.05, 0.1) is 11.8 Å². The molecule has 2 aromatic rings. The van der Waals surface area contributed by atoms with Gasteiger partial charge in [-0.2, -0.15) is 0 Å². The van der Waals surface area contributed by atoms with Gasteiger partial charge in [-0.05, 0) is 25.1 Å². The standard InChI is InChI=1S/C14H20N4O2S/c1-11(14-16-7-8-17-14)18-21(19,20)10-13-5-3-12(4-6-13)9-15-2/h3-8,11,15,18H,9-10H2,1-2H3,(H,16,17). The lowest BCUT2D eigenvalue weighted by Crippen LogP contribution is -2.28. The van der Waals surface area contributed by atoms with Gasteiger partial charge in [0.15, 0.2) is 0 Å². The van der Waals surface area contributed by atoms with E-state index in [1.165, 1.54) is 0 Å². The van der Waals surface area contributed by atoms with Crippen molar-refractivity contribution in [1.82, 2.24) is 20.0 Å². The Bertz CT molecular complexity index is 651. The van der Waals surface area contributed by atoms with Gasteiger partial charge in [0.2, 0.25) is 10.0 Å². The molecule has 1 aromatic heterocycles. The zero-order valence-electron chi connectivity index (χ0n) is 12.1. The second kappa shape index (κ2) is 6.84. The van der Waals surface area contributed by atoms with Gasteiger partial charge in [-0.3, -0.25) is 0 Å². The number of nitrogens with zero attached hydrogens (tertiary/aromatic N) is 1. The van der Waals surface area contributed by atoms with E-state index in [9.17, 15) is 8.42 Å². The van der Waals surface area contributed by atoms with Gasteiger partial charge >= 0.3 is 0 Å². The minimum absolute atomic E-state index is 0.0438. The lowest BCUT2D eigenvalue weighted by atomic mass is 10.1. The van der Waals surface area contributed by atoms with E-state index in [1.54, 1.807) is 19.3 Å². The van der Waals surface area contributed by atoms with Gasteiger partial charge in [-0.25, -0.2) is 18.1 Å². The Balaban J connectivity index is 2.00. The fourth-order valence-corrected chi connectivity index (χ4v) is 3.42. The van der Waals surface area contributed by atoms with Crippen LogP contribution in [0.25, 0.3) is 0 Å². The quantitative estimate of drug-likeness (QED) is 0.720. The first-order valence-corrected chi connectivity index (χ1v) is 8.37. The zero-order chi connectivity index (χ0) is 15.3. The third-order valence-corrected chi connectivity index (χ3v) is 4.47. The number of aromatic amines is 1. The molecule has 0 aliphatic heterocycles. The molecule has 0 bridgehead atoms. The molecule has 0 fully saturated rings. The number of imidazole rings is 1. The second-order valence-electron chi connectivity index (χ2n) is 4.92. The van der Waals surface area contributed by atoms with E-state index in [4.69, 9.17) is 0 Å². The van der Waals surface area contributed by atoms with Crippen LogP contribution >= 0.6 is 0 Å². The molecule has 0 spiro atoms. The first kappa shape index (κ1) is 15.7. The molecule has 3 N–H and O–H groups in total. The Kier molecular flexibility index (Phi) is 5.11. The molecule has 0 saturated heterocycles. The summed E-state index contributed by atoms with van der Waals surface area (Å²) in [6.45, 7) is 2.52. The van der Waals surface area contributed by atoms with Crippen LogP contribution in [0, 0.1) is 0 Å². The van der Waals surface area contributed by atoms with Crippen molar-refractivity contribution in [2.24, 2.45) is 0 Å². The first-order valence-electron chi connectivity index (χ1n) is 6.72. The third-order valence-electron chi connectivity index (χ3n) is 3.05. The number of H-pyrrole nitrogens is 1. The number of nitrogens with one attached hydrogen (secondary N) is 3. The monoisotopic (exact) mass is 308 g/mol. The fraction of sp³-hybridized carbons (Fsp3) is 0.357. The van der Waals surface area contributed by atoms with Gasteiger partial charge in [0.1, 0.15) is 5.82 Å². The predicted molar refractivity (Wildman–Crippen MR) is 82.0 cm³/mol. The smallest absolute Gasteiger partial charge is 0.216 e. The lowest BCUT2D eigenvalue weighted by Gasteiger charge is -2.12. The van der Waals surface area contributed by atoms with Crippen molar-refractivity contribution in [1.29, 1.82) is 0 Å². The van der Waals surface area contributed by atoms with E-state index in [2.05, 4.69) is 20.0 Å². The maximum Gasteiger partial charge on any atom is 0.216 e. The van der Waals surface area contributed by atoms with Crippen LogP contribution < -0.4 is 10.0 Å². The molecule has 2 rings (SSSR count). The van der Waals surface area contributed by atoms with Crippen molar-refractivity contribution >= 4 is 10.0 Å². The summed E-state index contributed by atoms with van der Waals surface area (Å²) >= 11 is 0. The number of benzene rings is 1. The molecule has 0 aliphatic carbocycles. The maximum absolute atomic E-state index is 12.2. The Morgan fingerprint density at radius 3 is 2.48 bits per heavy atom. The maximum atomic E-state index is 12.2. The Hall–Kier alpha value is -1.70. The van der Waals surface area contributed by atoms with Gasteiger partial charge < -0.3 is 10.3 Å². The van der Waals surface area contributed by atoms with E-state index < -0.39 is 10.0 Å². The molecule has 1 heterocycles. The third kappa shape index (κ3) is 4.66. The highest BCUT2D eigenvalue weighted by atomic mass is 32.2. The van der Waals surface area contributed by atoms with Gasteiger partial charge in [-0.15, -0.1) is 0 Å². The summed E-state index contributed by atoms with van der Waals surface area (Å²) in [6, 6.07) is 7.15. The van der Waals surface area contributed by atoms with Crippen LogP contribution in [-0.2, 0) is 22.3 Å². The summed E-state index contributed by atoms with van der Waals surface area (Å²) in [4.78, 5) is 6.95. The molecule has 1 atom stereocenters. The average molecular weight is 308 g/mol. The molecule has 0 radical (unpaired) electrons. The number of aromatic nitrogens is 2. The van der Waals surface area contributed by atoms with Gasteiger partial charge in [0, 0.05) is 18.9 Å². The molecular formula is C14H20N4O2S. The highest BCUT2D eigenvalue weighted by Crippen LogP contribution is 2.12. The van der Waals surface area contributed by atoms with Gasteiger partial charge in [0.25, 0.3) is 0 Å². The summed E-state index contributed by atoms with van der Waals surface area (Å²) in [5, 5.41) is 3.05. The van der Waals surface area contributed by atoms with Crippen molar-refractivity contribution in [3.8, 4) is 0 Å². The molecule has 0 amide bonds. The highest BCUT2D eigenvalue weighted by molar-refractivity contribution is 7.88. The molecule has 7 heteroatoms. The Morgan fingerprint density at radius 1 is 1.24 bits per heavy atom. The summed E-state index contributed by atoms with van der Waals surface area (Å²) in [5.74, 6) is 0.556. The largest absolute Gasteiger partial charge is 0.347 e. The van der Waals surface area contributed by atoms with Crippen LogP contribution in [0.1, 0.15) is 29.9 Å². The molecule has 114 valence electrons. The van der Waals surface area contributed by atoms with Crippen molar-refractivity contribution < 1.29 is 8.42 Å². The van der Waals surface area contributed by atoms with E-state index in [0.29, 0.717) is 5.82 Å². The van der Waals surface area contributed by atoms with Crippen molar-refractivity contribution in [2.45, 2.75) is 25.3 Å². The SMILES string of the molecule is CNCc1ccc(CS(=O)(=O)NC(C)c2ncc[nH]2)cc1. The lowest BCUT2D eigenvalue weighted by molar-refractivity contribution is 0.560. The predicted octanol–water partition coefficient (Wildman–Crippen LogP) is 1.31. The van der Waals surface area contributed by atoms with Crippen LogP contribution in [0.3, 0.4) is 0 Å². The molecular weight excluding hydrogens is 288 g/mol. The van der Waals surface area contributed by atoms with Crippen molar-refractivity contribution in [2.75, 3.05) is 7.05 Å². The van der Waals surface area contributed by atoms with Crippen LogP contribution in [-0.4, -0.2) is 25.4 Å². The number of hydrogen-bond acceptors (Lipinski definition) is 4. The summed E-state index contributed by atoms with van der Waals surface area (Å²) in [6.07, 6.45) is 3.27. The molecule has 0 aliphatic rings. The highest BCUT2D eigenvalue weighted by Gasteiger charge is 2.17. The van der Waals surface area contributed by atoms with E-state index in [-0.39, 0.29) is 11.8 Å². The molecule has 0 saturated carbocycles. The Labute approximate surface area is 125 Å². The van der Waals surface area contributed by atoms with Crippen LogP contribution in [0.4, 0.5) is 0 Å². The van der Waals surface area contributed by atoms with E-state index >= 15 is 0 Å². The molecule has 21 heavy (non-hydrogen) atoms. The topological polar surface area (TPSA) is 86.9 Å².